The zero-order valence-corrected chi connectivity index (χ0v) is 15.8. The fourth-order valence-corrected chi connectivity index (χ4v) is 3.45. The first-order chi connectivity index (χ1) is 14.2. The number of ketones is 1. The molecule has 30 heavy (non-hydrogen) atoms. The molecule has 1 aliphatic heterocycles. The molecule has 1 aliphatic rings. The van der Waals surface area contributed by atoms with Crippen molar-refractivity contribution in [1.82, 2.24) is 0 Å². The van der Waals surface area contributed by atoms with Crippen LogP contribution in [0.15, 0.2) is 30.3 Å². The highest BCUT2D eigenvalue weighted by Crippen LogP contribution is 2.46. The third kappa shape index (κ3) is 3.66. The molecule has 0 saturated carbocycles. The summed E-state index contributed by atoms with van der Waals surface area (Å²) >= 11 is 0. The fourth-order valence-electron chi connectivity index (χ4n) is 3.45. The fraction of sp³-hybridized carbons (Fsp3) is 0.350. The van der Waals surface area contributed by atoms with Crippen LogP contribution in [0.25, 0.3) is 0 Å². The van der Waals surface area contributed by atoms with Gasteiger partial charge in [-0.3, -0.25) is 4.79 Å². The maximum Gasteiger partial charge on any atom is 0.200 e. The van der Waals surface area contributed by atoms with Crippen molar-refractivity contribution in [3.05, 3.63) is 47.0 Å². The van der Waals surface area contributed by atoms with E-state index in [0.717, 1.165) is 12.1 Å². The highest BCUT2D eigenvalue weighted by molar-refractivity contribution is 6.13. The van der Waals surface area contributed by atoms with E-state index < -0.39 is 60.0 Å². The second-order valence-corrected chi connectivity index (χ2v) is 6.86. The summed E-state index contributed by atoms with van der Waals surface area (Å²) in [5.74, 6) is -2.63. The van der Waals surface area contributed by atoms with Gasteiger partial charge in [-0.2, -0.15) is 0 Å². The third-order valence-corrected chi connectivity index (χ3v) is 5.01. The van der Waals surface area contributed by atoms with Crippen molar-refractivity contribution in [3.63, 3.8) is 0 Å². The number of benzene rings is 2. The Hall–Kier alpha value is -2.89. The van der Waals surface area contributed by atoms with Crippen LogP contribution in [0.5, 0.6) is 23.0 Å². The molecule has 2 aromatic carbocycles. The van der Waals surface area contributed by atoms with Crippen molar-refractivity contribution in [2.24, 2.45) is 0 Å². The van der Waals surface area contributed by atoms with E-state index in [1.54, 1.807) is 0 Å². The number of phenolic OH excluding ortho intramolecular Hbond substituents is 3. The molecule has 10 heteroatoms. The highest BCUT2D eigenvalue weighted by atomic mass is 16.5. The Labute approximate surface area is 170 Å². The average Bonchev–Trinajstić information content (AvgIpc) is 2.72. The van der Waals surface area contributed by atoms with Gasteiger partial charge in [-0.1, -0.05) is 12.1 Å². The number of carbonyl (C=O) groups is 1. The molecular formula is C20H22O10. The molecule has 0 aliphatic carbocycles. The lowest BCUT2D eigenvalue weighted by Gasteiger charge is -2.40. The maximum absolute atomic E-state index is 12.9. The van der Waals surface area contributed by atoms with E-state index in [9.17, 15) is 40.5 Å². The van der Waals surface area contributed by atoms with Gasteiger partial charge < -0.3 is 45.2 Å². The summed E-state index contributed by atoms with van der Waals surface area (Å²) in [6.45, 7) is -0.697. The molecule has 3 rings (SSSR count). The lowest BCUT2D eigenvalue weighted by atomic mass is 9.88. The van der Waals surface area contributed by atoms with Crippen LogP contribution in [0.1, 0.15) is 27.6 Å². The molecule has 1 fully saturated rings. The monoisotopic (exact) mass is 422 g/mol. The average molecular weight is 422 g/mol. The zero-order chi connectivity index (χ0) is 22.2. The number of hydrogen-bond donors (Lipinski definition) is 7. The molecule has 0 radical (unpaired) electrons. The van der Waals surface area contributed by atoms with Crippen LogP contribution in [0, 0.1) is 0 Å². The molecule has 10 nitrogen and oxygen atoms in total. The third-order valence-electron chi connectivity index (χ3n) is 5.01. The number of rotatable bonds is 5. The van der Waals surface area contributed by atoms with Gasteiger partial charge in [0, 0.05) is 11.6 Å². The summed E-state index contributed by atoms with van der Waals surface area (Å²) in [6, 6.07) is 6.26. The van der Waals surface area contributed by atoms with Crippen LogP contribution < -0.4 is 4.74 Å². The van der Waals surface area contributed by atoms with E-state index in [-0.39, 0.29) is 22.6 Å². The number of aliphatic hydroxyl groups excluding tert-OH is 4. The minimum atomic E-state index is -1.75. The number of hydrogen-bond acceptors (Lipinski definition) is 10. The van der Waals surface area contributed by atoms with Crippen LogP contribution >= 0.6 is 0 Å². The molecule has 2 aromatic rings. The predicted octanol–water partition coefficient (Wildman–Crippen LogP) is -0.442. The van der Waals surface area contributed by atoms with Gasteiger partial charge in [0.25, 0.3) is 0 Å². The van der Waals surface area contributed by atoms with Crippen LogP contribution in [-0.2, 0) is 4.74 Å². The SMILES string of the molecule is COc1cc(O)c(C(=O)c2cccc(O)c2)c(O)c1C1OC(CO)C(O)C(O)C1O. The molecule has 5 atom stereocenters. The van der Waals surface area contributed by atoms with Crippen molar-refractivity contribution in [2.75, 3.05) is 13.7 Å². The molecule has 5 unspecified atom stereocenters. The normalized spacial score (nSPS) is 26.4. The maximum atomic E-state index is 12.9. The highest BCUT2D eigenvalue weighted by Gasteiger charge is 2.46. The molecule has 1 saturated heterocycles. The van der Waals surface area contributed by atoms with Crippen LogP contribution in [0.2, 0.25) is 0 Å². The van der Waals surface area contributed by atoms with Gasteiger partial charge in [0.15, 0.2) is 0 Å². The van der Waals surface area contributed by atoms with Gasteiger partial charge in [-0.05, 0) is 12.1 Å². The Bertz CT molecular complexity index is 941. The van der Waals surface area contributed by atoms with E-state index in [1.165, 1.54) is 25.3 Å². The summed E-state index contributed by atoms with van der Waals surface area (Å²) in [7, 11) is 1.21. The Kier molecular flexibility index (Phi) is 6.15. The number of aromatic hydroxyl groups is 3. The minimum Gasteiger partial charge on any atom is -0.508 e. The lowest BCUT2D eigenvalue weighted by Crippen LogP contribution is -2.55. The molecule has 0 aromatic heterocycles. The standard InChI is InChI=1S/C20H22O10/c1-29-11-6-10(23)13(15(24)8-3-2-4-9(22)5-8)17(26)14(11)20-19(28)18(27)16(25)12(7-21)30-20/h2-6,12,16,18-23,25-28H,7H2,1H3. The summed E-state index contributed by atoms with van der Waals surface area (Å²) < 4.78 is 10.6. The molecule has 0 bridgehead atoms. The number of phenols is 3. The molecule has 162 valence electrons. The minimum absolute atomic E-state index is 0.0366. The van der Waals surface area contributed by atoms with Crippen LogP contribution in [0.3, 0.4) is 0 Å². The molecule has 1 heterocycles. The second-order valence-electron chi connectivity index (χ2n) is 6.86. The van der Waals surface area contributed by atoms with E-state index in [4.69, 9.17) is 9.47 Å². The summed E-state index contributed by atoms with van der Waals surface area (Å²) in [6.07, 6.45) is -7.89. The lowest BCUT2D eigenvalue weighted by molar-refractivity contribution is -0.232. The first kappa shape index (κ1) is 21.8. The molecule has 0 spiro atoms. The number of methoxy groups -OCH3 is 1. The van der Waals surface area contributed by atoms with Gasteiger partial charge in [0.1, 0.15) is 59.1 Å². The van der Waals surface area contributed by atoms with Gasteiger partial charge in [0.05, 0.1) is 19.3 Å². The predicted molar refractivity (Wildman–Crippen MR) is 101 cm³/mol. The van der Waals surface area contributed by atoms with Gasteiger partial charge >= 0.3 is 0 Å². The van der Waals surface area contributed by atoms with Crippen molar-refractivity contribution < 1.29 is 50.0 Å². The molecular weight excluding hydrogens is 400 g/mol. The smallest absolute Gasteiger partial charge is 0.200 e. The summed E-state index contributed by atoms with van der Waals surface area (Å²) in [5.41, 5.74) is -0.852. The van der Waals surface area contributed by atoms with Crippen LogP contribution in [0.4, 0.5) is 0 Å². The number of aliphatic hydroxyl groups is 4. The van der Waals surface area contributed by atoms with E-state index in [0.29, 0.717) is 0 Å². The van der Waals surface area contributed by atoms with Gasteiger partial charge in [-0.25, -0.2) is 0 Å². The summed E-state index contributed by atoms with van der Waals surface area (Å²) in [4.78, 5) is 12.9. The van der Waals surface area contributed by atoms with E-state index in [2.05, 4.69) is 0 Å². The topological polar surface area (TPSA) is 177 Å². The largest absolute Gasteiger partial charge is 0.508 e. The first-order valence-corrected chi connectivity index (χ1v) is 8.98. The Morgan fingerprint density at radius 3 is 2.37 bits per heavy atom. The zero-order valence-electron chi connectivity index (χ0n) is 15.8. The Balaban J connectivity index is 2.15. The number of ether oxygens (including phenoxy) is 2. The summed E-state index contributed by atoms with van der Waals surface area (Å²) in [5, 5.41) is 70.6. The first-order valence-electron chi connectivity index (χ1n) is 8.98. The van der Waals surface area contributed by atoms with E-state index >= 15 is 0 Å². The quantitative estimate of drug-likeness (QED) is 0.313. The number of carbonyl (C=O) groups excluding carboxylic acids is 1. The van der Waals surface area contributed by atoms with E-state index in [1.807, 2.05) is 0 Å². The van der Waals surface area contributed by atoms with Crippen molar-refractivity contribution in [3.8, 4) is 23.0 Å². The molecule has 0 amide bonds. The second kappa shape index (κ2) is 8.46. The van der Waals surface area contributed by atoms with Crippen LogP contribution in [-0.4, -0.2) is 79.7 Å². The van der Waals surface area contributed by atoms with Crippen molar-refractivity contribution in [2.45, 2.75) is 30.5 Å². The Morgan fingerprint density at radius 2 is 1.77 bits per heavy atom. The van der Waals surface area contributed by atoms with Crippen molar-refractivity contribution in [1.29, 1.82) is 0 Å². The van der Waals surface area contributed by atoms with Gasteiger partial charge in [0.2, 0.25) is 5.78 Å². The van der Waals surface area contributed by atoms with Gasteiger partial charge in [-0.15, -0.1) is 0 Å². The molecule has 7 N–H and O–H groups in total. The Morgan fingerprint density at radius 1 is 1.07 bits per heavy atom. The van der Waals surface area contributed by atoms with Crippen molar-refractivity contribution >= 4 is 5.78 Å².